The van der Waals surface area contributed by atoms with Crippen molar-refractivity contribution in [3.63, 3.8) is 0 Å². The number of amides is 3. The Balaban J connectivity index is 1.48. The van der Waals surface area contributed by atoms with Crippen LogP contribution in [0.25, 0.3) is 10.8 Å². The van der Waals surface area contributed by atoms with Crippen LogP contribution in [-0.4, -0.2) is 42.5 Å². The summed E-state index contributed by atoms with van der Waals surface area (Å²) in [5.74, 6) is -0.630. The van der Waals surface area contributed by atoms with Crippen molar-refractivity contribution in [1.82, 2.24) is 15.2 Å². The maximum absolute atomic E-state index is 13.3. The van der Waals surface area contributed by atoms with Crippen molar-refractivity contribution < 1.29 is 18.0 Å². The van der Waals surface area contributed by atoms with E-state index < -0.39 is 28.0 Å². The van der Waals surface area contributed by atoms with E-state index in [2.05, 4.69) is 28.8 Å². The first-order valence-corrected chi connectivity index (χ1v) is 11.9. The number of carbonyl (C=O) groups excluding carboxylic acids is 2. The lowest BCUT2D eigenvalue weighted by Gasteiger charge is -2.23. The number of benzene rings is 3. The summed E-state index contributed by atoms with van der Waals surface area (Å²) in [5.41, 5.74) is 5.12. The van der Waals surface area contributed by atoms with Gasteiger partial charge < -0.3 is 5.32 Å². The highest BCUT2D eigenvalue weighted by Gasteiger charge is 2.43. The van der Waals surface area contributed by atoms with Crippen LogP contribution in [0, 0.1) is 0 Å². The van der Waals surface area contributed by atoms with Crippen LogP contribution in [-0.2, 0) is 14.8 Å². The fraction of sp³-hybridized carbons (Fsp3) is 0.182. The molecule has 1 aliphatic heterocycles. The molecule has 1 fully saturated rings. The quantitative estimate of drug-likeness (QED) is 0.347. The Morgan fingerprint density at radius 3 is 2.34 bits per heavy atom. The van der Waals surface area contributed by atoms with Gasteiger partial charge in [-0.05, 0) is 41.5 Å². The van der Waals surface area contributed by atoms with Gasteiger partial charge in [-0.1, -0.05) is 48.5 Å². The van der Waals surface area contributed by atoms with Gasteiger partial charge in [-0.25, -0.2) is 18.6 Å². The molecule has 3 aromatic rings. The summed E-state index contributed by atoms with van der Waals surface area (Å²) in [4.78, 5) is 24.9. The molecule has 0 spiro atoms. The van der Waals surface area contributed by atoms with E-state index in [4.69, 9.17) is 0 Å². The van der Waals surface area contributed by atoms with E-state index in [-0.39, 0.29) is 23.1 Å². The molecule has 1 aliphatic rings. The first-order valence-electron chi connectivity index (χ1n) is 9.95. The maximum atomic E-state index is 13.3. The van der Waals surface area contributed by atoms with Crippen LogP contribution in [0.5, 0.6) is 0 Å². The number of hydrogen-bond acceptors (Lipinski definition) is 5. The number of hydrazine groups is 1. The molecule has 0 aliphatic carbocycles. The Labute approximate surface area is 191 Å². The Hall–Kier alpha value is -3.08. The zero-order chi connectivity index (χ0) is 22.7. The van der Waals surface area contributed by atoms with Gasteiger partial charge in [-0.15, -0.1) is 0 Å². The van der Waals surface area contributed by atoms with Crippen molar-refractivity contribution in [2.45, 2.75) is 22.6 Å². The number of rotatable bonds is 4. The summed E-state index contributed by atoms with van der Waals surface area (Å²) in [6.45, 7) is 0.0899. The molecule has 1 heterocycles. The molecule has 2 atom stereocenters. The molecule has 10 heteroatoms. The van der Waals surface area contributed by atoms with Crippen molar-refractivity contribution in [2.24, 2.45) is 0 Å². The summed E-state index contributed by atoms with van der Waals surface area (Å²) in [6.07, 6.45) is 0.226. The van der Waals surface area contributed by atoms with E-state index in [1.54, 1.807) is 36.4 Å². The normalized spacial score (nSPS) is 18.9. The molecular weight excluding hydrogens is 448 g/mol. The van der Waals surface area contributed by atoms with Crippen LogP contribution in [0.15, 0.2) is 77.7 Å². The van der Waals surface area contributed by atoms with Gasteiger partial charge in [-0.2, -0.15) is 16.9 Å². The van der Waals surface area contributed by atoms with Crippen molar-refractivity contribution in [1.29, 1.82) is 0 Å². The standard InChI is InChI=1S/C22H22N4O4S2/c27-21(24-25-22(28)23-17-8-2-1-3-9-17)20-13-18(31)14-26(20)32(29,30)19-11-10-15-6-4-5-7-16(15)12-19/h1-12,18,20,31H,13-14H2,(H,24,27)(H2,23,25,28)/t18-,20+/m1/s1. The lowest BCUT2D eigenvalue weighted by Crippen LogP contribution is -2.52. The highest BCUT2D eigenvalue weighted by molar-refractivity contribution is 7.89. The van der Waals surface area contributed by atoms with Gasteiger partial charge in [0.1, 0.15) is 6.04 Å². The zero-order valence-corrected chi connectivity index (χ0v) is 18.6. The van der Waals surface area contributed by atoms with Crippen LogP contribution < -0.4 is 16.2 Å². The largest absolute Gasteiger partial charge is 0.337 e. The molecule has 3 N–H and O–H groups in total. The van der Waals surface area contributed by atoms with E-state index in [9.17, 15) is 18.0 Å². The van der Waals surface area contributed by atoms with Crippen LogP contribution in [0.2, 0.25) is 0 Å². The van der Waals surface area contributed by atoms with Crippen molar-refractivity contribution in [3.8, 4) is 0 Å². The molecule has 166 valence electrons. The summed E-state index contributed by atoms with van der Waals surface area (Å²) < 4.78 is 27.8. The first kappa shape index (κ1) is 22.1. The van der Waals surface area contributed by atoms with Crippen molar-refractivity contribution in [2.75, 3.05) is 11.9 Å². The van der Waals surface area contributed by atoms with E-state index in [0.29, 0.717) is 5.69 Å². The van der Waals surface area contributed by atoms with Gasteiger partial charge >= 0.3 is 6.03 Å². The maximum Gasteiger partial charge on any atom is 0.337 e. The van der Waals surface area contributed by atoms with E-state index >= 15 is 0 Å². The summed E-state index contributed by atoms with van der Waals surface area (Å²) >= 11 is 4.40. The molecule has 8 nitrogen and oxygen atoms in total. The molecule has 4 rings (SSSR count). The Bertz CT molecular complexity index is 1250. The minimum absolute atomic E-state index is 0.0899. The number of urea groups is 1. The van der Waals surface area contributed by atoms with Crippen LogP contribution in [0.1, 0.15) is 6.42 Å². The molecule has 0 radical (unpaired) electrons. The van der Waals surface area contributed by atoms with Gasteiger partial charge in [0, 0.05) is 17.5 Å². The number of anilines is 1. The minimum atomic E-state index is -3.95. The molecule has 3 aromatic carbocycles. The van der Waals surface area contributed by atoms with Crippen molar-refractivity contribution in [3.05, 3.63) is 72.8 Å². The molecule has 32 heavy (non-hydrogen) atoms. The SMILES string of the molecule is O=C(NNC(=O)[C@@H]1C[C@@H](S)CN1S(=O)(=O)c1ccc2ccccc2c1)Nc1ccccc1. The summed E-state index contributed by atoms with van der Waals surface area (Å²) in [7, 11) is -3.95. The topological polar surface area (TPSA) is 108 Å². The molecule has 0 unspecified atom stereocenters. The number of hydrogen-bond donors (Lipinski definition) is 4. The number of fused-ring (bicyclic) bond motifs is 1. The first-order chi connectivity index (χ1) is 15.3. The fourth-order valence-electron chi connectivity index (χ4n) is 3.64. The predicted octanol–water partition coefficient (Wildman–Crippen LogP) is 2.75. The van der Waals surface area contributed by atoms with Gasteiger partial charge in [0.05, 0.1) is 4.90 Å². The summed E-state index contributed by atoms with van der Waals surface area (Å²) in [5, 5.41) is 3.97. The van der Waals surface area contributed by atoms with Crippen LogP contribution >= 0.6 is 12.6 Å². The Morgan fingerprint density at radius 2 is 1.59 bits per heavy atom. The summed E-state index contributed by atoms with van der Waals surface area (Å²) in [6, 6.07) is 19.4. The zero-order valence-electron chi connectivity index (χ0n) is 16.9. The molecule has 1 saturated heterocycles. The smallest absolute Gasteiger partial charge is 0.307 e. The fourth-order valence-corrected chi connectivity index (χ4v) is 5.80. The highest BCUT2D eigenvalue weighted by atomic mass is 32.2. The number of nitrogens with zero attached hydrogens (tertiary/aromatic N) is 1. The number of thiol groups is 1. The molecule has 0 bridgehead atoms. The van der Waals surface area contributed by atoms with Crippen LogP contribution in [0.3, 0.4) is 0 Å². The minimum Gasteiger partial charge on any atom is -0.307 e. The molecule has 0 aromatic heterocycles. The molecule has 0 saturated carbocycles. The van der Waals surface area contributed by atoms with Crippen LogP contribution in [0.4, 0.5) is 10.5 Å². The number of carbonyl (C=O) groups is 2. The number of sulfonamides is 1. The Kier molecular flexibility index (Phi) is 6.35. The second-order valence-electron chi connectivity index (χ2n) is 7.42. The molecular formula is C22H22N4O4S2. The van der Waals surface area contributed by atoms with Gasteiger partial charge in [-0.3, -0.25) is 10.2 Å². The monoisotopic (exact) mass is 470 g/mol. The highest BCUT2D eigenvalue weighted by Crippen LogP contribution is 2.30. The second-order valence-corrected chi connectivity index (χ2v) is 10.0. The third-order valence-corrected chi connectivity index (χ3v) is 7.44. The lowest BCUT2D eigenvalue weighted by atomic mass is 10.1. The van der Waals surface area contributed by atoms with Crippen molar-refractivity contribution >= 4 is 51.1 Å². The van der Waals surface area contributed by atoms with E-state index in [1.165, 1.54) is 6.07 Å². The van der Waals surface area contributed by atoms with Gasteiger partial charge in [0.2, 0.25) is 10.0 Å². The predicted molar refractivity (Wildman–Crippen MR) is 126 cm³/mol. The van der Waals surface area contributed by atoms with E-state index in [0.717, 1.165) is 15.1 Å². The number of para-hydroxylation sites is 1. The average molecular weight is 471 g/mol. The average Bonchev–Trinajstić information content (AvgIpc) is 3.20. The third-order valence-electron chi connectivity index (χ3n) is 5.19. The molecule has 3 amide bonds. The lowest BCUT2D eigenvalue weighted by molar-refractivity contribution is -0.124. The number of nitrogens with one attached hydrogen (secondary N) is 3. The third kappa shape index (κ3) is 4.72. The van der Waals surface area contributed by atoms with Gasteiger partial charge in [0.25, 0.3) is 5.91 Å². The van der Waals surface area contributed by atoms with Gasteiger partial charge in [0.15, 0.2) is 0 Å². The Morgan fingerprint density at radius 1 is 0.906 bits per heavy atom. The van der Waals surface area contributed by atoms with E-state index in [1.807, 2.05) is 30.3 Å². The second kappa shape index (κ2) is 9.19.